The number of carbonyl (C=O) groups is 3. The van der Waals surface area contributed by atoms with Crippen LogP contribution < -0.4 is 5.32 Å². The van der Waals surface area contributed by atoms with E-state index in [0.717, 1.165) is 28.2 Å². The van der Waals surface area contributed by atoms with Crippen molar-refractivity contribution in [2.45, 2.75) is 13.0 Å². The van der Waals surface area contributed by atoms with Crippen molar-refractivity contribution in [1.29, 1.82) is 0 Å². The van der Waals surface area contributed by atoms with Gasteiger partial charge in [0.25, 0.3) is 11.1 Å². The van der Waals surface area contributed by atoms with Crippen LogP contribution in [0.1, 0.15) is 12.0 Å². The molecule has 2 heterocycles. The van der Waals surface area contributed by atoms with Gasteiger partial charge in [-0.15, -0.1) is 0 Å². The molecular weight excluding hydrogens is 398 g/mol. The van der Waals surface area contributed by atoms with E-state index in [-0.39, 0.29) is 30.1 Å². The molecule has 0 spiro atoms. The zero-order chi connectivity index (χ0) is 20.9. The highest BCUT2D eigenvalue weighted by Gasteiger charge is 2.34. The first kappa shape index (κ1) is 20.0. The zero-order valence-corrected chi connectivity index (χ0v) is 17.1. The van der Waals surface area contributed by atoms with E-state index in [2.05, 4.69) is 5.32 Å². The van der Waals surface area contributed by atoms with Crippen LogP contribution in [0.15, 0.2) is 71.8 Å². The molecule has 4 rings (SSSR count). The molecule has 0 aliphatic carbocycles. The minimum atomic E-state index is -0.318. The highest BCUT2D eigenvalue weighted by molar-refractivity contribution is 8.18. The highest BCUT2D eigenvalue weighted by atomic mass is 32.2. The number of para-hydroxylation sites is 1. The number of rotatable bonds is 7. The van der Waals surface area contributed by atoms with E-state index >= 15 is 0 Å². The van der Waals surface area contributed by atoms with Gasteiger partial charge < -0.3 is 9.88 Å². The molecule has 1 N–H and O–H groups in total. The molecule has 1 aliphatic heterocycles. The molecule has 0 radical (unpaired) electrons. The third-order valence-corrected chi connectivity index (χ3v) is 5.80. The van der Waals surface area contributed by atoms with E-state index < -0.39 is 0 Å². The molecule has 0 atom stereocenters. The molecule has 2 aromatic carbocycles. The topological polar surface area (TPSA) is 71.4 Å². The van der Waals surface area contributed by atoms with Crippen molar-refractivity contribution >= 4 is 45.8 Å². The number of benzene rings is 2. The van der Waals surface area contributed by atoms with E-state index in [1.807, 2.05) is 71.4 Å². The van der Waals surface area contributed by atoms with Crippen LogP contribution in [0.25, 0.3) is 17.0 Å². The summed E-state index contributed by atoms with van der Waals surface area (Å²) in [6.45, 7) is 0.970. The average Bonchev–Trinajstić information content (AvgIpc) is 3.29. The number of aryl methyl sites for hydroxylation is 1. The number of hydrogen-bond acceptors (Lipinski definition) is 4. The lowest BCUT2D eigenvalue weighted by Gasteiger charge is -2.13. The molecule has 0 bridgehead atoms. The second-order valence-corrected chi connectivity index (χ2v) is 7.91. The standard InChI is InChI=1S/C23H21N3O3S/c27-21(11-14-25-13-10-18-8-4-5-9-19(18)25)24-12-15-26-22(28)20(30-23(26)29)16-17-6-2-1-3-7-17/h1-10,13,16H,11-12,14-15H2,(H,24,27)/b20-16-. The number of amides is 3. The van der Waals surface area contributed by atoms with Gasteiger partial charge in [-0.05, 0) is 40.9 Å². The van der Waals surface area contributed by atoms with Gasteiger partial charge in [0, 0.05) is 37.8 Å². The second-order valence-electron chi connectivity index (χ2n) is 6.91. The lowest BCUT2D eigenvalue weighted by Crippen LogP contribution is -2.37. The molecule has 1 saturated heterocycles. The number of aromatic nitrogens is 1. The molecule has 152 valence electrons. The summed E-state index contributed by atoms with van der Waals surface area (Å²) < 4.78 is 2.04. The molecule has 1 fully saturated rings. The summed E-state index contributed by atoms with van der Waals surface area (Å²) in [5.41, 5.74) is 1.96. The molecule has 1 aromatic heterocycles. The fourth-order valence-corrected chi connectivity index (χ4v) is 4.21. The fraction of sp³-hybridized carbons (Fsp3) is 0.174. The van der Waals surface area contributed by atoms with Crippen molar-refractivity contribution in [2.24, 2.45) is 0 Å². The quantitative estimate of drug-likeness (QED) is 0.590. The molecule has 0 unspecified atom stereocenters. The lowest BCUT2D eigenvalue weighted by atomic mass is 10.2. The predicted octanol–water partition coefficient (Wildman–Crippen LogP) is 3.88. The van der Waals surface area contributed by atoms with Crippen molar-refractivity contribution in [2.75, 3.05) is 13.1 Å². The van der Waals surface area contributed by atoms with E-state index in [1.54, 1.807) is 6.08 Å². The first-order valence-electron chi connectivity index (χ1n) is 9.73. The number of thioether (sulfide) groups is 1. The van der Waals surface area contributed by atoms with Crippen LogP contribution in [-0.2, 0) is 16.1 Å². The Balaban J connectivity index is 1.26. The van der Waals surface area contributed by atoms with Crippen LogP contribution in [0.5, 0.6) is 0 Å². The van der Waals surface area contributed by atoms with Crippen LogP contribution in [0, 0.1) is 0 Å². The normalized spacial score (nSPS) is 15.3. The number of carbonyl (C=O) groups excluding carboxylic acids is 3. The monoisotopic (exact) mass is 419 g/mol. The molecule has 6 nitrogen and oxygen atoms in total. The van der Waals surface area contributed by atoms with E-state index in [0.29, 0.717) is 17.9 Å². The Bertz CT molecular complexity index is 1120. The van der Waals surface area contributed by atoms with Crippen LogP contribution in [0.3, 0.4) is 0 Å². The largest absolute Gasteiger partial charge is 0.354 e. The maximum atomic E-state index is 12.5. The second kappa shape index (κ2) is 9.00. The summed E-state index contributed by atoms with van der Waals surface area (Å²) in [7, 11) is 0. The predicted molar refractivity (Wildman–Crippen MR) is 119 cm³/mol. The van der Waals surface area contributed by atoms with Gasteiger partial charge in [0.2, 0.25) is 5.91 Å². The number of hydrogen-bond donors (Lipinski definition) is 1. The third kappa shape index (κ3) is 4.46. The molecule has 3 aromatic rings. The SMILES string of the molecule is O=C(CCn1ccc2ccccc21)NCCN1C(=O)S/C(=C\c2ccccc2)C1=O. The summed E-state index contributed by atoms with van der Waals surface area (Å²) in [6.07, 6.45) is 4.01. The van der Waals surface area contributed by atoms with Crippen molar-refractivity contribution in [3.8, 4) is 0 Å². The minimum Gasteiger partial charge on any atom is -0.354 e. The van der Waals surface area contributed by atoms with Crippen LogP contribution >= 0.6 is 11.8 Å². The first-order valence-corrected chi connectivity index (χ1v) is 10.5. The van der Waals surface area contributed by atoms with Crippen LogP contribution in [0.4, 0.5) is 4.79 Å². The number of imide groups is 1. The molecule has 1 aliphatic rings. The van der Waals surface area contributed by atoms with E-state index in [1.165, 1.54) is 4.90 Å². The Morgan fingerprint density at radius 3 is 2.57 bits per heavy atom. The van der Waals surface area contributed by atoms with Gasteiger partial charge in [0.05, 0.1) is 4.91 Å². The van der Waals surface area contributed by atoms with Crippen LogP contribution in [0.2, 0.25) is 0 Å². The Kier molecular flexibility index (Phi) is 5.99. The van der Waals surface area contributed by atoms with Gasteiger partial charge in [-0.2, -0.15) is 0 Å². The maximum absolute atomic E-state index is 12.5. The van der Waals surface area contributed by atoms with E-state index in [4.69, 9.17) is 0 Å². The summed E-state index contributed by atoms with van der Waals surface area (Å²) in [5.74, 6) is -0.429. The zero-order valence-electron chi connectivity index (χ0n) is 16.3. The van der Waals surface area contributed by atoms with Gasteiger partial charge in [-0.25, -0.2) is 0 Å². The lowest BCUT2D eigenvalue weighted by molar-refractivity contribution is -0.124. The molecule has 30 heavy (non-hydrogen) atoms. The maximum Gasteiger partial charge on any atom is 0.293 e. The third-order valence-electron chi connectivity index (χ3n) is 4.89. The van der Waals surface area contributed by atoms with Gasteiger partial charge in [-0.3, -0.25) is 19.3 Å². The summed E-state index contributed by atoms with van der Waals surface area (Å²) >= 11 is 0.928. The first-order chi connectivity index (χ1) is 14.6. The summed E-state index contributed by atoms with van der Waals surface area (Å²) in [6, 6.07) is 19.4. The summed E-state index contributed by atoms with van der Waals surface area (Å²) in [4.78, 5) is 38.4. The van der Waals surface area contributed by atoms with E-state index in [9.17, 15) is 14.4 Å². The Morgan fingerprint density at radius 2 is 1.73 bits per heavy atom. The van der Waals surface area contributed by atoms with Gasteiger partial charge >= 0.3 is 0 Å². The number of nitrogens with one attached hydrogen (secondary N) is 1. The van der Waals surface area contributed by atoms with Crippen LogP contribution in [-0.4, -0.2) is 39.6 Å². The Morgan fingerprint density at radius 1 is 0.967 bits per heavy atom. The average molecular weight is 420 g/mol. The Labute approximate surface area is 178 Å². The molecule has 3 amide bonds. The van der Waals surface area contributed by atoms with Crippen molar-refractivity contribution in [1.82, 2.24) is 14.8 Å². The smallest absolute Gasteiger partial charge is 0.293 e. The van der Waals surface area contributed by atoms with Gasteiger partial charge in [0.15, 0.2) is 0 Å². The number of fused-ring (bicyclic) bond motifs is 1. The highest BCUT2D eigenvalue weighted by Crippen LogP contribution is 2.31. The molecular formula is C23H21N3O3S. The van der Waals surface area contributed by atoms with Crippen molar-refractivity contribution < 1.29 is 14.4 Å². The number of nitrogens with zero attached hydrogens (tertiary/aromatic N) is 2. The molecule has 0 saturated carbocycles. The fourth-order valence-electron chi connectivity index (χ4n) is 3.35. The molecule has 7 heteroatoms. The Hall–Kier alpha value is -3.32. The summed E-state index contributed by atoms with van der Waals surface area (Å²) in [5, 5.41) is 3.63. The van der Waals surface area contributed by atoms with Crippen molar-refractivity contribution in [3.05, 3.63) is 77.3 Å². The van der Waals surface area contributed by atoms with Gasteiger partial charge in [0.1, 0.15) is 0 Å². The minimum absolute atomic E-state index is 0.111. The van der Waals surface area contributed by atoms with Gasteiger partial charge in [-0.1, -0.05) is 48.5 Å². The van der Waals surface area contributed by atoms with Crippen molar-refractivity contribution in [3.63, 3.8) is 0 Å².